The van der Waals surface area contributed by atoms with Crippen molar-refractivity contribution in [3.8, 4) is 5.75 Å². The van der Waals surface area contributed by atoms with Crippen LogP contribution in [0.5, 0.6) is 5.75 Å². The van der Waals surface area contributed by atoms with Gasteiger partial charge in [-0.2, -0.15) is 0 Å². The SMILES string of the molecule is CCCC(C)COc1ccc([C@@H](NC(=O)Cc2ccccc2C)C(=O)OC)cc1. The van der Waals surface area contributed by atoms with Gasteiger partial charge < -0.3 is 14.8 Å². The highest BCUT2D eigenvalue weighted by Gasteiger charge is 2.24. The van der Waals surface area contributed by atoms with Crippen molar-refractivity contribution >= 4 is 11.9 Å². The topological polar surface area (TPSA) is 64.6 Å². The van der Waals surface area contributed by atoms with E-state index in [1.807, 2.05) is 43.3 Å². The molecule has 0 heterocycles. The molecule has 0 aliphatic heterocycles. The molecule has 5 nitrogen and oxygen atoms in total. The summed E-state index contributed by atoms with van der Waals surface area (Å²) in [6.45, 7) is 6.93. The summed E-state index contributed by atoms with van der Waals surface area (Å²) in [6, 6.07) is 14.0. The predicted molar refractivity (Wildman–Crippen MR) is 114 cm³/mol. The van der Waals surface area contributed by atoms with E-state index in [1.165, 1.54) is 7.11 Å². The summed E-state index contributed by atoms with van der Waals surface area (Å²) in [5, 5.41) is 2.79. The van der Waals surface area contributed by atoms with Crippen LogP contribution in [-0.4, -0.2) is 25.6 Å². The molecule has 156 valence electrons. The highest BCUT2D eigenvalue weighted by Crippen LogP contribution is 2.20. The summed E-state index contributed by atoms with van der Waals surface area (Å²) in [4.78, 5) is 24.8. The smallest absolute Gasteiger partial charge is 0.333 e. The average Bonchev–Trinajstić information content (AvgIpc) is 2.72. The molecule has 0 aliphatic carbocycles. The van der Waals surface area contributed by atoms with Crippen LogP contribution >= 0.6 is 0 Å². The van der Waals surface area contributed by atoms with E-state index < -0.39 is 12.0 Å². The van der Waals surface area contributed by atoms with Crippen molar-refractivity contribution < 1.29 is 19.1 Å². The highest BCUT2D eigenvalue weighted by atomic mass is 16.5. The average molecular weight is 398 g/mol. The molecule has 0 saturated heterocycles. The van der Waals surface area contributed by atoms with Gasteiger partial charge in [0.2, 0.25) is 5.91 Å². The van der Waals surface area contributed by atoms with Gasteiger partial charge in [-0.15, -0.1) is 0 Å². The number of carbonyl (C=O) groups is 2. The summed E-state index contributed by atoms with van der Waals surface area (Å²) in [6.07, 6.45) is 2.46. The monoisotopic (exact) mass is 397 g/mol. The summed E-state index contributed by atoms with van der Waals surface area (Å²) in [7, 11) is 1.31. The lowest BCUT2D eigenvalue weighted by atomic mass is 10.0. The van der Waals surface area contributed by atoms with Gasteiger partial charge in [0, 0.05) is 0 Å². The van der Waals surface area contributed by atoms with Gasteiger partial charge in [-0.3, -0.25) is 4.79 Å². The van der Waals surface area contributed by atoms with E-state index in [0.29, 0.717) is 18.1 Å². The third-order valence-corrected chi connectivity index (χ3v) is 4.88. The molecule has 0 spiro atoms. The standard InChI is InChI=1S/C24H31NO4/c1-5-8-17(2)16-29-21-13-11-19(12-14-21)23(24(27)28-4)25-22(26)15-20-10-7-6-9-18(20)3/h6-7,9-14,17,23H,5,8,15-16H2,1-4H3,(H,25,26)/t17?,23-/m1/s1. The van der Waals surface area contributed by atoms with E-state index in [0.717, 1.165) is 29.7 Å². The number of hydrogen-bond donors (Lipinski definition) is 1. The minimum atomic E-state index is -0.857. The van der Waals surface area contributed by atoms with Crippen molar-refractivity contribution in [2.75, 3.05) is 13.7 Å². The molecular formula is C24H31NO4. The first kappa shape index (κ1) is 22.5. The Balaban J connectivity index is 2.05. The molecule has 1 N–H and O–H groups in total. The van der Waals surface area contributed by atoms with Crippen molar-refractivity contribution in [2.45, 2.75) is 46.1 Å². The molecule has 0 aliphatic rings. The summed E-state index contributed by atoms with van der Waals surface area (Å²) >= 11 is 0. The predicted octanol–water partition coefficient (Wildman–Crippen LogP) is 4.38. The van der Waals surface area contributed by atoms with E-state index in [4.69, 9.17) is 9.47 Å². The molecule has 5 heteroatoms. The molecule has 0 radical (unpaired) electrons. The van der Waals surface area contributed by atoms with Gasteiger partial charge in [-0.05, 0) is 48.1 Å². The van der Waals surface area contributed by atoms with Gasteiger partial charge >= 0.3 is 5.97 Å². The molecule has 2 atom stereocenters. The normalized spacial score (nSPS) is 12.7. The van der Waals surface area contributed by atoms with E-state index in [9.17, 15) is 9.59 Å². The van der Waals surface area contributed by atoms with Crippen molar-refractivity contribution in [1.82, 2.24) is 5.32 Å². The Morgan fingerprint density at radius 3 is 2.38 bits per heavy atom. The van der Waals surface area contributed by atoms with Gasteiger partial charge in [0.05, 0.1) is 20.1 Å². The van der Waals surface area contributed by atoms with Crippen LogP contribution in [0.25, 0.3) is 0 Å². The van der Waals surface area contributed by atoms with Crippen LogP contribution in [0.1, 0.15) is 49.4 Å². The molecule has 2 aromatic carbocycles. The van der Waals surface area contributed by atoms with Crippen molar-refractivity contribution in [3.05, 3.63) is 65.2 Å². The third kappa shape index (κ3) is 6.93. The second kappa shape index (κ2) is 11.2. The zero-order chi connectivity index (χ0) is 21.2. The number of carbonyl (C=O) groups excluding carboxylic acids is 2. The fourth-order valence-corrected chi connectivity index (χ4v) is 3.16. The highest BCUT2D eigenvalue weighted by molar-refractivity contribution is 5.86. The van der Waals surface area contributed by atoms with Crippen LogP contribution in [0.2, 0.25) is 0 Å². The number of hydrogen-bond acceptors (Lipinski definition) is 4. The first-order valence-electron chi connectivity index (χ1n) is 10.1. The maximum absolute atomic E-state index is 12.5. The molecule has 29 heavy (non-hydrogen) atoms. The van der Waals surface area contributed by atoms with Crippen LogP contribution in [0, 0.1) is 12.8 Å². The molecule has 0 aromatic heterocycles. The maximum atomic E-state index is 12.5. The molecule has 0 bridgehead atoms. The fourth-order valence-electron chi connectivity index (χ4n) is 3.16. The Morgan fingerprint density at radius 2 is 1.76 bits per heavy atom. The van der Waals surface area contributed by atoms with Crippen molar-refractivity contribution in [1.29, 1.82) is 0 Å². The van der Waals surface area contributed by atoms with E-state index in [2.05, 4.69) is 19.2 Å². The molecule has 1 unspecified atom stereocenters. The Kier molecular flexibility index (Phi) is 8.71. The first-order chi connectivity index (χ1) is 13.9. The zero-order valence-corrected chi connectivity index (χ0v) is 17.7. The lowest BCUT2D eigenvalue weighted by Crippen LogP contribution is -2.35. The number of amides is 1. The van der Waals surface area contributed by atoms with Crippen molar-refractivity contribution in [2.24, 2.45) is 5.92 Å². The van der Waals surface area contributed by atoms with E-state index in [-0.39, 0.29) is 12.3 Å². The second-order valence-corrected chi connectivity index (χ2v) is 7.40. The number of methoxy groups -OCH3 is 1. The van der Waals surface area contributed by atoms with Crippen LogP contribution in [0.15, 0.2) is 48.5 Å². The fraction of sp³-hybridized carbons (Fsp3) is 0.417. The van der Waals surface area contributed by atoms with Gasteiger partial charge in [0.15, 0.2) is 6.04 Å². The molecule has 2 rings (SSSR count). The number of esters is 1. The van der Waals surface area contributed by atoms with Gasteiger partial charge in [-0.25, -0.2) is 4.79 Å². The first-order valence-corrected chi connectivity index (χ1v) is 10.1. The van der Waals surface area contributed by atoms with Crippen LogP contribution < -0.4 is 10.1 Å². The van der Waals surface area contributed by atoms with Gasteiger partial charge in [0.1, 0.15) is 5.75 Å². The number of ether oxygens (including phenoxy) is 2. The van der Waals surface area contributed by atoms with Crippen LogP contribution in [0.4, 0.5) is 0 Å². The number of nitrogens with one attached hydrogen (secondary N) is 1. The van der Waals surface area contributed by atoms with Crippen molar-refractivity contribution in [3.63, 3.8) is 0 Å². The minimum absolute atomic E-state index is 0.205. The number of aryl methyl sites for hydroxylation is 1. The summed E-state index contributed by atoms with van der Waals surface area (Å²) < 4.78 is 10.7. The Bertz CT molecular complexity index is 801. The Morgan fingerprint density at radius 1 is 1.07 bits per heavy atom. The Hall–Kier alpha value is -2.82. The lowest BCUT2D eigenvalue weighted by molar-refractivity contribution is -0.145. The lowest BCUT2D eigenvalue weighted by Gasteiger charge is -2.18. The zero-order valence-electron chi connectivity index (χ0n) is 17.7. The van der Waals surface area contributed by atoms with E-state index >= 15 is 0 Å². The number of benzene rings is 2. The molecule has 1 amide bonds. The van der Waals surface area contributed by atoms with Crippen LogP contribution in [0.3, 0.4) is 0 Å². The Labute approximate surface area is 173 Å². The molecular weight excluding hydrogens is 366 g/mol. The second-order valence-electron chi connectivity index (χ2n) is 7.40. The number of rotatable bonds is 10. The quantitative estimate of drug-likeness (QED) is 0.604. The summed E-state index contributed by atoms with van der Waals surface area (Å²) in [5.74, 6) is 0.492. The third-order valence-electron chi connectivity index (χ3n) is 4.88. The largest absolute Gasteiger partial charge is 0.493 e. The molecule has 0 saturated carbocycles. The van der Waals surface area contributed by atoms with Gasteiger partial charge in [-0.1, -0.05) is 56.7 Å². The van der Waals surface area contributed by atoms with E-state index in [1.54, 1.807) is 12.1 Å². The maximum Gasteiger partial charge on any atom is 0.333 e. The van der Waals surface area contributed by atoms with Crippen LogP contribution in [-0.2, 0) is 20.7 Å². The minimum Gasteiger partial charge on any atom is -0.493 e. The summed E-state index contributed by atoms with van der Waals surface area (Å²) in [5.41, 5.74) is 2.62. The molecule has 0 fully saturated rings. The van der Waals surface area contributed by atoms with Gasteiger partial charge in [0.25, 0.3) is 0 Å². The molecule has 2 aromatic rings.